The molecule has 2 atom stereocenters. The summed E-state index contributed by atoms with van der Waals surface area (Å²) in [6.07, 6.45) is 1.07. The van der Waals surface area contributed by atoms with Crippen molar-refractivity contribution >= 4 is 28.3 Å². The Labute approximate surface area is 129 Å². The molecule has 0 aromatic heterocycles. The van der Waals surface area contributed by atoms with E-state index in [0.29, 0.717) is 0 Å². The average Bonchev–Trinajstić information content (AvgIpc) is 2.53. The van der Waals surface area contributed by atoms with Crippen molar-refractivity contribution in [1.82, 2.24) is 5.32 Å². The standard InChI is InChI=1S/C18H20N2O2/c1-3-11(2)19-18(22)15-10-16(21)20-17-13-7-5-4-6-12(13)8-9-14(15)17/h4-9,11,15H,3,10H2,1-2H3,(H,19,22)(H,20,21). The van der Waals surface area contributed by atoms with Crippen molar-refractivity contribution in [1.29, 1.82) is 0 Å². The van der Waals surface area contributed by atoms with Crippen molar-refractivity contribution in [3.05, 3.63) is 42.0 Å². The summed E-state index contributed by atoms with van der Waals surface area (Å²) in [5.41, 5.74) is 1.68. The van der Waals surface area contributed by atoms with Crippen molar-refractivity contribution in [3.63, 3.8) is 0 Å². The maximum Gasteiger partial charge on any atom is 0.228 e. The lowest BCUT2D eigenvalue weighted by Crippen LogP contribution is -2.39. The number of hydrogen-bond acceptors (Lipinski definition) is 2. The van der Waals surface area contributed by atoms with Crippen molar-refractivity contribution in [2.75, 3.05) is 5.32 Å². The lowest BCUT2D eigenvalue weighted by molar-refractivity contribution is -0.126. The maximum absolute atomic E-state index is 12.5. The Bertz CT molecular complexity index is 739. The molecule has 0 bridgehead atoms. The molecule has 2 aromatic rings. The van der Waals surface area contributed by atoms with Crippen LogP contribution in [0.15, 0.2) is 36.4 Å². The SMILES string of the molecule is CCC(C)NC(=O)C1CC(=O)Nc2c1ccc1ccccc21. The highest BCUT2D eigenvalue weighted by Crippen LogP contribution is 2.37. The molecule has 1 aliphatic heterocycles. The second-order valence-corrected chi connectivity index (χ2v) is 5.87. The molecule has 4 nitrogen and oxygen atoms in total. The van der Waals surface area contributed by atoms with E-state index in [0.717, 1.165) is 28.4 Å². The van der Waals surface area contributed by atoms with Gasteiger partial charge in [-0.05, 0) is 24.3 Å². The van der Waals surface area contributed by atoms with Gasteiger partial charge in [0, 0.05) is 17.8 Å². The van der Waals surface area contributed by atoms with Crippen LogP contribution in [0.3, 0.4) is 0 Å². The van der Waals surface area contributed by atoms with Gasteiger partial charge in [-0.25, -0.2) is 0 Å². The zero-order chi connectivity index (χ0) is 15.7. The van der Waals surface area contributed by atoms with E-state index in [-0.39, 0.29) is 24.3 Å². The summed E-state index contributed by atoms with van der Waals surface area (Å²) in [7, 11) is 0. The number of amides is 2. The molecule has 0 saturated carbocycles. The van der Waals surface area contributed by atoms with Crippen LogP contribution in [0.2, 0.25) is 0 Å². The van der Waals surface area contributed by atoms with Crippen LogP contribution >= 0.6 is 0 Å². The Balaban J connectivity index is 2.04. The highest BCUT2D eigenvalue weighted by Gasteiger charge is 2.31. The first kappa shape index (κ1) is 14.6. The second-order valence-electron chi connectivity index (χ2n) is 5.87. The molecule has 2 aromatic carbocycles. The molecule has 0 fully saturated rings. The van der Waals surface area contributed by atoms with E-state index in [2.05, 4.69) is 10.6 Å². The van der Waals surface area contributed by atoms with Crippen LogP contribution in [0.5, 0.6) is 0 Å². The van der Waals surface area contributed by atoms with Crippen LogP contribution < -0.4 is 10.6 Å². The summed E-state index contributed by atoms with van der Waals surface area (Å²) in [6.45, 7) is 4.00. The van der Waals surface area contributed by atoms with Crippen molar-refractivity contribution < 1.29 is 9.59 Å². The largest absolute Gasteiger partial charge is 0.353 e. The first-order valence-electron chi connectivity index (χ1n) is 7.72. The van der Waals surface area contributed by atoms with Crippen LogP contribution in [0, 0.1) is 0 Å². The molecule has 2 N–H and O–H groups in total. The summed E-state index contributed by atoms with van der Waals surface area (Å²) in [4.78, 5) is 24.6. The number of fused-ring (bicyclic) bond motifs is 3. The normalized spacial score (nSPS) is 18.5. The van der Waals surface area contributed by atoms with Gasteiger partial charge in [0.1, 0.15) is 0 Å². The third kappa shape index (κ3) is 2.56. The van der Waals surface area contributed by atoms with Crippen molar-refractivity contribution in [2.45, 2.75) is 38.6 Å². The van der Waals surface area contributed by atoms with E-state index in [4.69, 9.17) is 0 Å². The minimum Gasteiger partial charge on any atom is -0.353 e. The van der Waals surface area contributed by atoms with E-state index in [1.165, 1.54) is 0 Å². The van der Waals surface area contributed by atoms with Crippen LogP contribution in [-0.2, 0) is 9.59 Å². The van der Waals surface area contributed by atoms with Crippen molar-refractivity contribution in [2.24, 2.45) is 0 Å². The molecular weight excluding hydrogens is 276 g/mol. The smallest absolute Gasteiger partial charge is 0.228 e. The van der Waals surface area contributed by atoms with E-state index < -0.39 is 5.92 Å². The average molecular weight is 296 g/mol. The quantitative estimate of drug-likeness (QED) is 0.914. The van der Waals surface area contributed by atoms with Crippen LogP contribution in [0.1, 0.15) is 38.2 Å². The molecule has 2 amide bonds. The minimum atomic E-state index is -0.414. The second kappa shape index (κ2) is 5.79. The molecule has 2 unspecified atom stereocenters. The number of anilines is 1. The topological polar surface area (TPSA) is 58.2 Å². The van der Waals surface area contributed by atoms with Gasteiger partial charge in [-0.1, -0.05) is 43.3 Å². The molecule has 3 rings (SSSR count). The number of rotatable bonds is 3. The number of carbonyl (C=O) groups is 2. The maximum atomic E-state index is 12.5. The molecule has 4 heteroatoms. The summed E-state index contributed by atoms with van der Waals surface area (Å²) in [5, 5.41) is 7.97. The molecule has 114 valence electrons. The predicted octanol–water partition coefficient (Wildman–Crippen LogP) is 3.18. The van der Waals surface area contributed by atoms with Gasteiger partial charge in [-0.15, -0.1) is 0 Å². The van der Waals surface area contributed by atoms with Gasteiger partial charge in [0.05, 0.1) is 11.6 Å². The Hall–Kier alpha value is -2.36. The van der Waals surface area contributed by atoms with Gasteiger partial charge >= 0.3 is 0 Å². The molecule has 0 spiro atoms. The Morgan fingerprint density at radius 2 is 2.09 bits per heavy atom. The summed E-state index contributed by atoms with van der Waals surface area (Å²) >= 11 is 0. The molecule has 0 radical (unpaired) electrons. The monoisotopic (exact) mass is 296 g/mol. The number of nitrogens with one attached hydrogen (secondary N) is 2. The van der Waals surface area contributed by atoms with Gasteiger partial charge in [0.25, 0.3) is 0 Å². The van der Waals surface area contributed by atoms with E-state index in [1.54, 1.807) is 0 Å². The minimum absolute atomic E-state index is 0.0688. The molecular formula is C18H20N2O2. The summed E-state index contributed by atoms with van der Waals surface area (Å²) < 4.78 is 0. The fourth-order valence-electron chi connectivity index (χ4n) is 2.88. The summed E-state index contributed by atoms with van der Waals surface area (Å²) in [6, 6.07) is 12.0. The molecule has 22 heavy (non-hydrogen) atoms. The first-order valence-corrected chi connectivity index (χ1v) is 7.72. The highest BCUT2D eigenvalue weighted by atomic mass is 16.2. The zero-order valence-corrected chi connectivity index (χ0v) is 12.8. The Morgan fingerprint density at radius 1 is 1.32 bits per heavy atom. The van der Waals surface area contributed by atoms with E-state index in [9.17, 15) is 9.59 Å². The molecule has 1 heterocycles. The van der Waals surface area contributed by atoms with Gasteiger partial charge in [-0.2, -0.15) is 0 Å². The lowest BCUT2D eigenvalue weighted by atomic mass is 9.87. The molecule has 0 aliphatic carbocycles. The summed E-state index contributed by atoms with van der Waals surface area (Å²) in [5.74, 6) is -0.587. The Morgan fingerprint density at radius 3 is 2.86 bits per heavy atom. The fourth-order valence-corrected chi connectivity index (χ4v) is 2.88. The van der Waals surface area contributed by atoms with Crippen LogP contribution in [-0.4, -0.2) is 17.9 Å². The first-order chi connectivity index (χ1) is 10.6. The number of hydrogen-bond donors (Lipinski definition) is 2. The van der Waals surface area contributed by atoms with Gasteiger partial charge < -0.3 is 10.6 Å². The van der Waals surface area contributed by atoms with Crippen LogP contribution in [0.4, 0.5) is 5.69 Å². The van der Waals surface area contributed by atoms with E-state index >= 15 is 0 Å². The van der Waals surface area contributed by atoms with Gasteiger partial charge in [-0.3, -0.25) is 9.59 Å². The zero-order valence-electron chi connectivity index (χ0n) is 12.8. The lowest BCUT2D eigenvalue weighted by Gasteiger charge is -2.27. The molecule has 0 saturated heterocycles. The highest BCUT2D eigenvalue weighted by molar-refractivity contribution is 6.09. The van der Waals surface area contributed by atoms with Crippen LogP contribution in [0.25, 0.3) is 10.8 Å². The Kier molecular flexibility index (Phi) is 3.84. The van der Waals surface area contributed by atoms with Gasteiger partial charge in [0.15, 0.2) is 0 Å². The third-order valence-corrected chi connectivity index (χ3v) is 4.31. The third-order valence-electron chi connectivity index (χ3n) is 4.31. The predicted molar refractivity (Wildman–Crippen MR) is 87.8 cm³/mol. The molecule has 1 aliphatic rings. The van der Waals surface area contributed by atoms with E-state index in [1.807, 2.05) is 50.2 Å². The number of carbonyl (C=O) groups excluding carboxylic acids is 2. The van der Waals surface area contributed by atoms with Crippen molar-refractivity contribution in [3.8, 4) is 0 Å². The fraction of sp³-hybridized carbons (Fsp3) is 0.333. The number of benzene rings is 2. The van der Waals surface area contributed by atoms with Gasteiger partial charge in [0.2, 0.25) is 11.8 Å².